The number of nitrogens with one attached hydrogen (secondary N) is 1. The summed E-state index contributed by atoms with van der Waals surface area (Å²) in [6, 6.07) is 8.10. The molecule has 1 N–H and O–H groups in total. The van der Waals surface area contributed by atoms with Crippen LogP contribution in [0.1, 0.15) is 27.7 Å². The van der Waals surface area contributed by atoms with Crippen molar-refractivity contribution in [2.24, 2.45) is 5.10 Å². The fraction of sp³-hybridized carbons (Fsp3) is 0.200. The number of carbonyl (C=O) groups excluding carboxylic acids is 1. The fourth-order valence-electron chi connectivity index (χ4n) is 1.72. The molecule has 0 aliphatic rings. The molecular formula is C15H15IN2O2S. The highest BCUT2D eigenvalue weighted by Crippen LogP contribution is 2.28. The molecule has 21 heavy (non-hydrogen) atoms. The number of hydrogen-bond donors (Lipinski definition) is 1. The number of carbonyl (C=O) groups is 1. The highest BCUT2D eigenvalue weighted by Gasteiger charge is 2.16. The van der Waals surface area contributed by atoms with Gasteiger partial charge in [-0.3, -0.25) is 5.43 Å². The van der Waals surface area contributed by atoms with E-state index in [0.29, 0.717) is 10.6 Å². The van der Waals surface area contributed by atoms with Gasteiger partial charge >= 0.3 is 5.97 Å². The molecule has 0 spiro atoms. The Morgan fingerprint density at radius 3 is 2.62 bits per heavy atom. The standard InChI is InChI=1S/C15H15IN2O2S/c1-9-8-21-14(15(19)20-3)13(9)18-17-10(2)11-4-6-12(16)7-5-11/h4-8,18H,1-3H3. The molecule has 0 amide bonds. The summed E-state index contributed by atoms with van der Waals surface area (Å²) in [4.78, 5) is 12.2. The third kappa shape index (κ3) is 3.82. The van der Waals surface area contributed by atoms with E-state index in [0.717, 1.165) is 16.8 Å². The summed E-state index contributed by atoms with van der Waals surface area (Å²) in [7, 11) is 1.38. The molecule has 0 atom stereocenters. The maximum absolute atomic E-state index is 11.7. The highest BCUT2D eigenvalue weighted by molar-refractivity contribution is 14.1. The number of hydrazone groups is 1. The van der Waals surface area contributed by atoms with Crippen molar-refractivity contribution in [1.82, 2.24) is 0 Å². The lowest BCUT2D eigenvalue weighted by atomic mass is 10.1. The van der Waals surface area contributed by atoms with Gasteiger partial charge in [0.05, 0.1) is 18.5 Å². The molecule has 2 rings (SSSR count). The van der Waals surface area contributed by atoms with Gasteiger partial charge in [-0.1, -0.05) is 12.1 Å². The summed E-state index contributed by atoms with van der Waals surface area (Å²) in [6.45, 7) is 3.86. The Labute approximate surface area is 141 Å². The van der Waals surface area contributed by atoms with Crippen molar-refractivity contribution < 1.29 is 9.53 Å². The lowest BCUT2D eigenvalue weighted by Gasteiger charge is -2.06. The maximum atomic E-state index is 11.7. The Balaban J connectivity index is 2.22. The van der Waals surface area contributed by atoms with Gasteiger partial charge in [-0.15, -0.1) is 11.3 Å². The average molecular weight is 414 g/mol. The van der Waals surface area contributed by atoms with Gasteiger partial charge in [0.25, 0.3) is 0 Å². The molecule has 4 nitrogen and oxygen atoms in total. The van der Waals surface area contributed by atoms with Gasteiger partial charge < -0.3 is 4.74 Å². The minimum atomic E-state index is -0.349. The van der Waals surface area contributed by atoms with Crippen LogP contribution in [-0.4, -0.2) is 18.8 Å². The van der Waals surface area contributed by atoms with Gasteiger partial charge in [0.15, 0.2) is 0 Å². The molecule has 1 heterocycles. The first kappa shape index (κ1) is 16.0. The van der Waals surface area contributed by atoms with Crippen LogP contribution < -0.4 is 5.43 Å². The van der Waals surface area contributed by atoms with Crippen molar-refractivity contribution in [2.75, 3.05) is 12.5 Å². The number of esters is 1. The van der Waals surface area contributed by atoms with E-state index in [4.69, 9.17) is 4.74 Å². The number of halogens is 1. The summed E-state index contributed by atoms with van der Waals surface area (Å²) in [5.41, 5.74) is 6.55. The molecule has 6 heteroatoms. The van der Waals surface area contributed by atoms with Gasteiger partial charge in [0.2, 0.25) is 0 Å². The van der Waals surface area contributed by atoms with Crippen LogP contribution in [0, 0.1) is 10.5 Å². The number of rotatable bonds is 4. The first-order valence-corrected chi connectivity index (χ1v) is 8.21. The molecule has 0 saturated carbocycles. The SMILES string of the molecule is COC(=O)c1scc(C)c1NN=C(C)c1ccc(I)cc1. The normalized spacial score (nSPS) is 11.3. The largest absolute Gasteiger partial charge is 0.465 e. The van der Waals surface area contributed by atoms with Crippen LogP contribution in [-0.2, 0) is 4.74 Å². The molecule has 2 aromatic rings. The molecule has 1 aromatic carbocycles. The number of benzene rings is 1. The van der Waals surface area contributed by atoms with Crippen LogP contribution in [0.4, 0.5) is 5.69 Å². The van der Waals surface area contributed by atoms with E-state index in [9.17, 15) is 4.79 Å². The molecular weight excluding hydrogens is 399 g/mol. The number of hydrogen-bond acceptors (Lipinski definition) is 5. The van der Waals surface area contributed by atoms with Crippen LogP contribution in [0.2, 0.25) is 0 Å². The van der Waals surface area contributed by atoms with E-state index in [-0.39, 0.29) is 5.97 Å². The molecule has 0 bridgehead atoms. The topological polar surface area (TPSA) is 50.7 Å². The van der Waals surface area contributed by atoms with Crippen molar-refractivity contribution in [2.45, 2.75) is 13.8 Å². The Morgan fingerprint density at radius 1 is 1.33 bits per heavy atom. The molecule has 0 aliphatic carbocycles. The van der Waals surface area contributed by atoms with E-state index in [2.05, 4.69) is 33.1 Å². The van der Waals surface area contributed by atoms with Gasteiger partial charge in [-0.2, -0.15) is 5.10 Å². The van der Waals surface area contributed by atoms with E-state index >= 15 is 0 Å². The molecule has 0 saturated heterocycles. The third-order valence-electron chi connectivity index (χ3n) is 2.94. The Morgan fingerprint density at radius 2 is 2.00 bits per heavy atom. The van der Waals surface area contributed by atoms with E-state index in [1.807, 2.05) is 43.5 Å². The lowest BCUT2D eigenvalue weighted by Crippen LogP contribution is -2.05. The van der Waals surface area contributed by atoms with Crippen LogP contribution >= 0.6 is 33.9 Å². The zero-order chi connectivity index (χ0) is 15.4. The fourth-order valence-corrected chi connectivity index (χ4v) is 3.00. The number of nitrogens with zero attached hydrogens (tertiary/aromatic N) is 1. The second-order valence-electron chi connectivity index (χ2n) is 4.43. The van der Waals surface area contributed by atoms with Gasteiger partial charge in [-0.25, -0.2) is 4.79 Å². The number of anilines is 1. The molecule has 110 valence electrons. The molecule has 0 radical (unpaired) electrons. The maximum Gasteiger partial charge on any atom is 0.350 e. The molecule has 0 unspecified atom stereocenters. The van der Waals surface area contributed by atoms with E-state index < -0.39 is 0 Å². The lowest BCUT2D eigenvalue weighted by molar-refractivity contribution is 0.0607. The Kier molecular flexibility index (Phi) is 5.35. The second-order valence-corrected chi connectivity index (χ2v) is 6.56. The summed E-state index contributed by atoms with van der Waals surface area (Å²) in [6.07, 6.45) is 0. The summed E-state index contributed by atoms with van der Waals surface area (Å²) >= 11 is 3.62. The first-order valence-electron chi connectivity index (χ1n) is 6.25. The minimum absolute atomic E-state index is 0.349. The van der Waals surface area contributed by atoms with Crippen molar-refractivity contribution in [3.05, 3.63) is 49.2 Å². The smallest absolute Gasteiger partial charge is 0.350 e. The van der Waals surface area contributed by atoms with Crippen LogP contribution in [0.5, 0.6) is 0 Å². The second kappa shape index (κ2) is 7.04. The molecule has 0 aliphatic heterocycles. The van der Waals surface area contributed by atoms with Crippen molar-refractivity contribution in [3.63, 3.8) is 0 Å². The van der Waals surface area contributed by atoms with Gasteiger partial charge in [-0.05, 0) is 65.1 Å². The van der Waals surface area contributed by atoms with E-state index in [1.165, 1.54) is 22.0 Å². The number of thiophene rings is 1. The average Bonchev–Trinajstić information content (AvgIpc) is 2.85. The van der Waals surface area contributed by atoms with Crippen molar-refractivity contribution in [3.8, 4) is 0 Å². The number of methoxy groups -OCH3 is 1. The molecule has 1 aromatic heterocycles. The number of aryl methyl sites for hydroxylation is 1. The summed E-state index contributed by atoms with van der Waals surface area (Å²) in [5.74, 6) is -0.349. The van der Waals surface area contributed by atoms with Crippen molar-refractivity contribution >= 4 is 51.3 Å². The van der Waals surface area contributed by atoms with Crippen LogP contribution in [0.15, 0.2) is 34.7 Å². The zero-order valence-electron chi connectivity index (χ0n) is 11.9. The van der Waals surface area contributed by atoms with Crippen molar-refractivity contribution in [1.29, 1.82) is 0 Å². The monoisotopic (exact) mass is 414 g/mol. The minimum Gasteiger partial charge on any atom is -0.465 e. The van der Waals surface area contributed by atoms with Gasteiger partial charge in [0, 0.05) is 3.57 Å². The summed E-state index contributed by atoms with van der Waals surface area (Å²) in [5, 5.41) is 6.27. The Bertz CT molecular complexity index is 677. The predicted octanol–water partition coefficient (Wildman–Crippen LogP) is 4.28. The molecule has 0 fully saturated rings. The quantitative estimate of drug-likeness (QED) is 0.352. The number of ether oxygens (including phenoxy) is 1. The Hall–Kier alpha value is -1.41. The summed E-state index contributed by atoms with van der Waals surface area (Å²) < 4.78 is 5.96. The highest BCUT2D eigenvalue weighted by atomic mass is 127. The zero-order valence-corrected chi connectivity index (χ0v) is 14.9. The van der Waals surface area contributed by atoms with Crippen LogP contribution in [0.3, 0.4) is 0 Å². The third-order valence-corrected chi connectivity index (χ3v) is 4.74. The van der Waals surface area contributed by atoms with Gasteiger partial charge in [0.1, 0.15) is 4.88 Å². The first-order chi connectivity index (χ1) is 10.0. The predicted molar refractivity (Wildman–Crippen MR) is 95.4 cm³/mol. The van der Waals surface area contributed by atoms with Crippen LogP contribution in [0.25, 0.3) is 0 Å². The van der Waals surface area contributed by atoms with E-state index in [1.54, 1.807) is 0 Å².